The lowest BCUT2D eigenvalue weighted by molar-refractivity contribution is -0.121. The molecular formula is C14H16N2O2. The third-order valence-corrected chi connectivity index (χ3v) is 3.60. The SMILES string of the molecule is O=C(NC(=O)N1CCc2ccccc2C1)C1CC1. The molecule has 1 N–H and O–H groups in total. The van der Waals surface area contributed by atoms with Gasteiger partial charge in [0.2, 0.25) is 5.91 Å². The topological polar surface area (TPSA) is 49.4 Å². The van der Waals surface area contributed by atoms with Gasteiger partial charge in [-0.05, 0) is 30.4 Å². The molecule has 2 aliphatic rings. The molecule has 1 aliphatic heterocycles. The van der Waals surface area contributed by atoms with Crippen molar-refractivity contribution in [1.82, 2.24) is 10.2 Å². The summed E-state index contributed by atoms with van der Waals surface area (Å²) in [5, 5.41) is 2.49. The minimum absolute atomic E-state index is 0.0750. The van der Waals surface area contributed by atoms with Crippen LogP contribution in [0.4, 0.5) is 4.79 Å². The van der Waals surface area contributed by atoms with Crippen LogP contribution in [0.1, 0.15) is 24.0 Å². The van der Waals surface area contributed by atoms with Crippen molar-refractivity contribution in [2.75, 3.05) is 6.54 Å². The molecule has 0 radical (unpaired) electrons. The summed E-state index contributed by atoms with van der Waals surface area (Å²) in [6.07, 6.45) is 2.70. The number of carbonyl (C=O) groups is 2. The van der Waals surface area contributed by atoms with E-state index in [1.807, 2.05) is 18.2 Å². The Labute approximate surface area is 106 Å². The number of fused-ring (bicyclic) bond motifs is 1. The van der Waals surface area contributed by atoms with Gasteiger partial charge in [-0.2, -0.15) is 0 Å². The molecule has 1 aliphatic carbocycles. The Morgan fingerprint density at radius 1 is 1.17 bits per heavy atom. The van der Waals surface area contributed by atoms with Crippen LogP contribution in [0.3, 0.4) is 0 Å². The first-order valence-corrected chi connectivity index (χ1v) is 6.40. The van der Waals surface area contributed by atoms with Crippen LogP contribution in [0.5, 0.6) is 0 Å². The van der Waals surface area contributed by atoms with E-state index in [9.17, 15) is 9.59 Å². The first-order chi connectivity index (χ1) is 8.74. The summed E-state index contributed by atoms with van der Waals surface area (Å²) in [5.74, 6) is -0.0371. The lowest BCUT2D eigenvalue weighted by atomic mass is 10.0. The first-order valence-electron chi connectivity index (χ1n) is 6.40. The Morgan fingerprint density at radius 2 is 1.89 bits per heavy atom. The van der Waals surface area contributed by atoms with E-state index in [0.29, 0.717) is 13.1 Å². The molecular weight excluding hydrogens is 228 g/mol. The van der Waals surface area contributed by atoms with Gasteiger partial charge < -0.3 is 4.90 Å². The van der Waals surface area contributed by atoms with Gasteiger partial charge in [0.15, 0.2) is 0 Å². The van der Waals surface area contributed by atoms with E-state index in [1.54, 1.807) is 4.90 Å². The highest BCUT2D eigenvalue weighted by Gasteiger charge is 2.32. The number of urea groups is 1. The fourth-order valence-electron chi connectivity index (χ4n) is 2.30. The molecule has 0 atom stereocenters. The molecule has 94 valence electrons. The normalized spacial score (nSPS) is 18.1. The Kier molecular flexibility index (Phi) is 2.78. The van der Waals surface area contributed by atoms with Gasteiger partial charge in [-0.1, -0.05) is 24.3 Å². The van der Waals surface area contributed by atoms with Crippen LogP contribution in [0, 0.1) is 5.92 Å². The van der Waals surface area contributed by atoms with Crippen molar-refractivity contribution in [3.8, 4) is 0 Å². The van der Waals surface area contributed by atoms with Gasteiger partial charge in [0.05, 0.1) is 0 Å². The summed E-state index contributed by atoms with van der Waals surface area (Å²) in [4.78, 5) is 25.2. The highest BCUT2D eigenvalue weighted by atomic mass is 16.2. The molecule has 0 saturated heterocycles. The van der Waals surface area contributed by atoms with Crippen molar-refractivity contribution >= 4 is 11.9 Å². The number of carbonyl (C=O) groups excluding carboxylic acids is 2. The summed E-state index contributed by atoms with van der Waals surface area (Å²) in [5.41, 5.74) is 2.48. The van der Waals surface area contributed by atoms with Crippen LogP contribution in [-0.4, -0.2) is 23.4 Å². The highest BCUT2D eigenvalue weighted by Crippen LogP contribution is 2.28. The molecule has 3 rings (SSSR count). The predicted molar refractivity (Wildman–Crippen MR) is 66.8 cm³/mol. The maximum absolute atomic E-state index is 11.9. The zero-order valence-electron chi connectivity index (χ0n) is 10.2. The molecule has 1 fully saturated rings. The number of benzene rings is 1. The van der Waals surface area contributed by atoms with Crippen molar-refractivity contribution < 1.29 is 9.59 Å². The fraction of sp³-hybridized carbons (Fsp3) is 0.429. The second-order valence-corrected chi connectivity index (χ2v) is 5.01. The van der Waals surface area contributed by atoms with E-state index < -0.39 is 0 Å². The van der Waals surface area contributed by atoms with Gasteiger partial charge in [0.25, 0.3) is 0 Å². The fourth-order valence-corrected chi connectivity index (χ4v) is 2.30. The molecule has 3 amide bonds. The number of hydrogen-bond acceptors (Lipinski definition) is 2. The van der Waals surface area contributed by atoms with Crippen LogP contribution in [-0.2, 0) is 17.8 Å². The average Bonchev–Trinajstić information content (AvgIpc) is 3.22. The Morgan fingerprint density at radius 3 is 2.61 bits per heavy atom. The smallest absolute Gasteiger partial charge is 0.320 e. The van der Waals surface area contributed by atoms with Gasteiger partial charge in [-0.15, -0.1) is 0 Å². The van der Waals surface area contributed by atoms with E-state index in [1.165, 1.54) is 11.1 Å². The first kappa shape index (κ1) is 11.3. The van der Waals surface area contributed by atoms with Crippen LogP contribution >= 0.6 is 0 Å². The van der Waals surface area contributed by atoms with Crippen LogP contribution < -0.4 is 5.32 Å². The molecule has 0 spiro atoms. The monoisotopic (exact) mass is 244 g/mol. The third kappa shape index (κ3) is 2.23. The zero-order chi connectivity index (χ0) is 12.5. The van der Waals surface area contributed by atoms with Gasteiger partial charge in [0.1, 0.15) is 0 Å². The summed E-state index contributed by atoms with van der Waals surface area (Å²) in [6, 6.07) is 7.89. The summed E-state index contributed by atoms with van der Waals surface area (Å²) < 4.78 is 0. The largest absolute Gasteiger partial charge is 0.324 e. The Bertz CT molecular complexity index is 494. The molecule has 0 unspecified atom stereocenters. The molecule has 1 aromatic rings. The van der Waals surface area contributed by atoms with Crippen molar-refractivity contribution in [2.45, 2.75) is 25.8 Å². The van der Waals surface area contributed by atoms with Crippen molar-refractivity contribution in [1.29, 1.82) is 0 Å². The van der Waals surface area contributed by atoms with E-state index in [0.717, 1.165) is 19.3 Å². The van der Waals surface area contributed by atoms with Crippen molar-refractivity contribution in [3.05, 3.63) is 35.4 Å². The zero-order valence-corrected chi connectivity index (χ0v) is 10.2. The lowest BCUT2D eigenvalue weighted by Gasteiger charge is -2.28. The molecule has 1 heterocycles. The molecule has 0 bridgehead atoms. The molecule has 4 nitrogen and oxygen atoms in total. The molecule has 0 aromatic heterocycles. The van der Waals surface area contributed by atoms with Crippen molar-refractivity contribution in [3.63, 3.8) is 0 Å². The minimum Gasteiger partial charge on any atom is -0.320 e. The Hall–Kier alpha value is -1.84. The van der Waals surface area contributed by atoms with E-state index in [2.05, 4.69) is 11.4 Å². The quantitative estimate of drug-likeness (QED) is 0.817. The average molecular weight is 244 g/mol. The van der Waals surface area contributed by atoms with Gasteiger partial charge in [-0.25, -0.2) is 4.79 Å². The number of amides is 3. The van der Waals surface area contributed by atoms with Crippen molar-refractivity contribution in [2.24, 2.45) is 5.92 Å². The van der Waals surface area contributed by atoms with Crippen LogP contribution in [0.25, 0.3) is 0 Å². The van der Waals surface area contributed by atoms with Gasteiger partial charge >= 0.3 is 6.03 Å². The van der Waals surface area contributed by atoms with Gasteiger partial charge in [-0.3, -0.25) is 10.1 Å². The van der Waals surface area contributed by atoms with Crippen LogP contribution in [0.15, 0.2) is 24.3 Å². The lowest BCUT2D eigenvalue weighted by Crippen LogP contribution is -2.45. The predicted octanol–water partition coefficient (Wildman–Crippen LogP) is 1.69. The summed E-state index contributed by atoms with van der Waals surface area (Å²) >= 11 is 0. The molecule has 4 heteroatoms. The minimum atomic E-state index is -0.249. The Balaban J connectivity index is 1.64. The number of rotatable bonds is 1. The second-order valence-electron chi connectivity index (χ2n) is 5.01. The second kappa shape index (κ2) is 4.44. The standard InChI is InChI=1S/C14H16N2O2/c17-13(11-5-6-11)15-14(18)16-8-7-10-3-1-2-4-12(10)9-16/h1-4,11H,5-9H2,(H,15,17,18). The maximum Gasteiger partial charge on any atom is 0.324 e. The molecule has 1 aromatic carbocycles. The molecule has 1 saturated carbocycles. The molecule has 18 heavy (non-hydrogen) atoms. The summed E-state index contributed by atoms with van der Waals surface area (Å²) in [7, 11) is 0. The van der Waals surface area contributed by atoms with Gasteiger partial charge in [0, 0.05) is 19.0 Å². The van der Waals surface area contributed by atoms with E-state index >= 15 is 0 Å². The van der Waals surface area contributed by atoms with E-state index in [4.69, 9.17) is 0 Å². The highest BCUT2D eigenvalue weighted by molar-refractivity contribution is 5.96. The maximum atomic E-state index is 11.9. The van der Waals surface area contributed by atoms with E-state index in [-0.39, 0.29) is 17.9 Å². The third-order valence-electron chi connectivity index (χ3n) is 3.60. The number of hydrogen-bond donors (Lipinski definition) is 1. The van der Waals surface area contributed by atoms with Crippen LogP contribution in [0.2, 0.25) is 0 Å². The summed E-state index contributed by atoms with van der Waals surface area (Å²) in [6.45, 7) is 1.28. The number of nitrogens with one attached hydrogen (secondary N) is 1. The number of nitrogens with zero attached hydrogens (tertiary/aromatic N) is 1. The number of imide groups is 1.